The number of hydroxylamine groups is 1. The first-order chi connectivity index (χ1) is 9.09. The molecule has 0 saturated heterocycles. The molecule has 19 heavy (non-hydrogen) atoms. The van der Waals surface area contributed by atoms with Crippen molar-refractivity contribution in [3.05, 3.63) is 47.8 Å². The van der Waals surface area contributed by atoms with E-state index in [-0.39, 0.29) is 5.56 Å². The van der Waals surface area contributed by atoms with Gasteiger partial charge in [-0.2, -0.15) is 0 Å². The largest absolute Gasteiger partial charge is 0.368 e. The number of primary amides is 1. The van der Waals surface area contributed by atoms with E-state index in [9.17, 15) is 14.0 Å². The molecular formula is C13H11FN2O3. The molecular weight excluding hydrogens is 251 g/mol. The normalized spacial score (nSPS) is 10.4. The highest BCUT2D eigenvalue weighted by Crippen LogP contribution is 2.21. The van der Waals surface area contributed by atoms with Crippen molar-refractivity contribution in [3.8, 4) is 0 Å². The van der Waals surface area contributed by atoms with E-state index >= 15 is 0 Å². The lowest BCUT2D eigenvalue weighted by molar-refractivity contribution is -0.124. The van der Waals surface area contributed by atoms with Crippen LogP contribution in [0.15, 0.2) is 36.4 Å². The summed E-state index contributed by atoms with van der Waals surface area (Å²) in [5, 5.41) is 0.799. The number of benzene rings is 2. The van der Waals surface area contributed by atoms with Crippen molar-refractivity contribution in [2.24, 2.45) is 5.73 Å². The number of hydrogen-bond donors (Lipinski definition) is 2. The topological polar surface area (TPSA) is 81.4 Å². The van der Waals surface area contributed by atoms with Crippen molar-refractivity contribution in [2.75, 3.05) is 6.61 Å². The van der Waals surface area contributed by atoms with Gasteiger partial charge in [-0.25, -0.2) is 9.87 Å². The van der Waals surface area contributed by atoms with Gasteiger partial charge in [-0.15, -0.1) is 0 Å². The average molecular weight is 262 g/mol. The van der Waals surface area contributed by atoms with Crippen LogP contribution in [-0.2, 0) is 9.63 Å². The van der Waals surface area contributed by atoms with Gasteiger partial charge in [0.05, 0.1) is 0 Å². The van der Waals surface area contributed by atoms with E-state index in [1.807, 2.05) is 0 Å². The van der Waals surface area contributed by atoms with Crippen LogP contribution in [0, 0.1) is 5.82 Å². The quantitative estimate of drug-likeness (QED) is 0.810. The third kappa shape index (κ3) is 2.86. The maximum Gasteiger partial charge on any atom is 0.275 e. The first kappa shape index (κ1) is 13.0. The van der Waals surface area contributed by atoms with Crippen LogP contribution in [0.2, 0.25) is 0 Å². The number of halogens is 1. The average Bonchev–Trinajstić information content (AvgIpc) is 2.39. The van der Waals surface area contributed by atoms with Crippen molar-refractivity contribution in [3.63, 3.8) is 0 Å². The second-order valence-electron chi connectivity index (χ2n) is 3.83. The molecule has 0 heterocycles. The van der Waals surface area contributed by atoms with Gasteiger partial charge >= 0.3 is 0 Å². The molecule has 5 nitrogen and oxygen atoms in total. The van der Waals surface area contributed by atoms with E-state index in [1.54, 1.807) is 24.3 Å². The second kappa shape index (κ2) is 5.45. The molecule has 0 aliphatic rings. The number of carbonyl (C=O) groups is 2. The van der Waals surface area contributed by atoms with E-state index in [4.69, 9.17) is 5.73 Å². The Morgan fingerprint density at radius 1 is 1.16 bits per heavy atom. The highest BCUT2D eigenvalue weighted by Gasteiger charge is 2.12. The lowest BCUT2D eigenvalue weighted by Crippen LogP contribution is -2.29. The summed E-state index contributed by atoms with van der Waals surface area (Å²) in [6.07, 6.45) is 0. The lowest BCUT2D eigenvalue weighted by atomic mass is 10.0. The fraction of sp³-hybridized carbons (Fsp3) is 0.0769. The number of fused-ring (bicyclic) bond motifs is 1. The van der Waals surface area contributed by atoms with Crippen molar-refractivity contribution in [1.82, 2.24) is 5.48 Å². The van der Waals surface area contributed by atoms with Gasteiger partial charge in [-0.3, -0.25) is 14.4 Å². The molecule has 0 spiro atoms. The molecule has 0 aliphatic carbocycles. The number of nitrogens with two attached hydrogens (primary N) is 1. The molecule has 6 heteroatoms. The Morgan fingerprint density at radius 3 is 2.53 bits per heavy atom. The van der Waals surface area contributed by atoms with Crippen LogP contribution in [0.3, 0.4) is 0 Å². The van der Waals surface area contributed by atoms with Gasteiger partial charge in [-0.05, 0) is 17.5 Å². The van der Waals surface area contributed by atoms with Gasteiger partial charge in [0.1, 0.15) is 5.82 Å². The van der Waals surface area contributed by atoms with Crippen molar-refractivity contribution >= 4 is 22.6 Å². The zero-order valence-electron chi connectivity index (χ0n) is 9.85. The Balaban J connectivity index is 2.27. The number of nitrogens with one attached hydrogen (secondary N) is 1. The zero-order valence-corrected chi connectivity index (χ0v) is 9.85. The molecule has 0 radical (unpaired) electrons. The minimum atomic E-state index is -0.704. The lowest BCUT2D eigenvalue weighted by Gasteiger charge is -2.08. The van der Waals surface area contributed by atoms with Crippen LogP contribution >= 0.6 is 0 Å². The summed E-state index contributed by atoms with van der Waals surface area (Å²) in [7, 11) is 0. The standard InChI is InChI=1S/C13H11FN2O3/c14-11-6-5-10(8-3-1-2-4-9(8)11)13(18)16-19-7-12(15)17/h1-6H,7H2,(H2,15,17)(H,16,18). The molecule has 0 saturated carbocycles. The zero-order chi connectivity index (χ0) is 13.8. The Kier molecular flexibility index (Phi) is 3.72. The third-order valence-corrected chi connectivity index (χ3v) is 2.49. The maximum absolute atomic E-state index is 13.6. The van der Waals surface area contributed by atoms with Gasteiger partial charge in [0.2, 0.25) is 5.91 Å². The van der Waals surface area contributed by atoms with Crippen LogP contribution in [0.1, 0.15) is 10.4 Å². The maximum atomic E-state index is 13.6. The molecule has 2 amide bonds. The molecule has 2 aromatic rings. The predicted molar refractivity (Wildman–Crippen MR) is 66.5 cm³/mol. The second-order valence-corrected chi connectivity index (χ2v) is 3.83. The van der Waals surface area contributed by atoms with Gasteiger partial charge in [0.15, 0.2) is 6.61 Å². The van der Waals surface area contributed by atoms with Crippen LogP contribution < -0.4 is 11.2 Å². The van der Waals surface area contributed by atoms with Crippen molar-refractivity contribution < 1.29 is 18.8 Å². The number of hydrogen-bond acceptors (Lipinski definition) is 3. The summed E-state index contributed by atoms with van der Waals surface area (Å²) < 4.78 is 13.6. The van der Waals surface area contributed by atoms with Crippen LogP contribution in [0.4, 0.5) is 4.39 Å². The third-order valence-electron chi connectivity index (χ3n) is 2.49. The monoisotopic (exact) mass is 262 g/mol. The summed E-state index contributed by atoms with van der Waals surface area (Å²) in [5.74, 6) is -1.69. The Labute approximate surface area is 108 Å². The molecule has 2 aromatic carbocycles. The highest BCUT2D eigenvalue weighted by molar-refractivity contribution is 6.06. The Morgan fingerprint density at radius 2 is 1.84 bits per heavy atom. The summed E-state index contributed by atoms with van der Waals surface area (Å²) >= 11 is 0. The SMILES string of the molecule is NC(=O)CONC(=O)c1ccc(F)c2ccccc12. The summed E-state index contributed by atoms with van der Waals surface area (Å²) in [4.78, 5) is 26.9. The molecule has 0 bridgehead atoms. The number of amides is 2. The molecule has 2 rings (SSSR count). The van der Waals surface area contributed by atoms with E-state index in [0.29, 0.717) is 10.8 Å². The van der Waals surface area contributed by atoms with Crippen LogP contribution in [0.5, 0.6) is 0 Å². The smallest absolute Gasteiger partial charge is 0.275 e. The molecule has 0 aliphatic heterocycles. The van der Waals surface area contributed by atoms with E-state index in [1.165, 1.54) is 12.1 Å². The number of carbonyl (C=O) groups excluding carboxylic acids is 2. The predicted octanol–water partition coefficient (Wildman–Crippen LogP) is 1.13. The van der Waals surface area contributed by atoms with E-state index < -0.39 is 24.2 Å². The minimum absolute atomic E-state index is 0.251. The molecule has 0 fully saturated rings. The highest BCUT2D eigenvalue weighted by atomic mass is 19.1. The Bertz CT molecular complexity index is 643. The van der Waals surface area contributed by atoms with Crippen molar-refractivity contribution in [1.29, 1.82) is 0 Å². The van der Waals surface area contributed by atoms with Crippen LogP contribution in [-0.4, -0.2) is 18.4 Å². The van der Waals surface area contributed by atoms with Gasteiger partial charge in [0.25, 0.3) is 5.91 Å². The molecule has 0 aromatic heterocycles. The van der Waals surface area contributed by atoms with E-state index in [2.05, 4.69) is 10.3 Å². The summed E-state index contributed by atoms with van der Waals surface area (Å²) in [6.45, 7) is -0.426. The Hall–Kier alpha value is -2.47. The minimum Gasteiger partial charge on any atom is -0.368 e. The molecule has 98 valence electrons. The summed E-state index contributed by atoms with van der Waals surface area (Å²) in [5.41, 5.74) is 7.19. The van der Waals surface area contributed by atoms with Crippen LogP contribution in [0.25, 0.3) is 10.8 Å². The number of rotatable bonds is 4. The van der Waals surface area contributed by atoms with Crippen molar-refractivity contribution in [2.45, 2.75) is 0 Å². The first-order valence-corrected chi connectivity index (χ1v) is 5.47. The summed E-state index contributed by atoms with van der Waals surface area (Å²) in [6, 6.07) is 9.12. The van der Waals surface area contributed by atoms with Gasteiger partial charge < -0.3 is 5.73 Å². The van der Waals surface area contributed by atoms with E-state index in [0.717, 1.165) is 0 Å². The van der Waals surface area contributed by atoms with Gasteiger partial charge in [0, 0.05) is 10.9 Å². The fourth-order valence-corrected chi connectivity index (χ4v) is 1.69. The van der Waals surface area contributed by atoms with Gasteiger partial charge in [-0.1, -0.05) is 24.3 Å². The first-order valence-electron chi connectivity index (χ1n) is 5.47. The molecule has 3 N–H and O–H groups in total. The fourth-order valence-electron chi connectivity index (χ4n) is 1.69. The molecule has 0 unspecified atom stereocenters. The molecule has 0 atom stereocenters.